The van der Waals surface area contributed by atoms with Crippen LogP contribution in [-0.2, 0) is 22.7 Å². The summed E-state index contributed by atoms with van der Waals surface area (Å²) in [5.74, 6) is -1.21. The molecule has 6 heteroatoms. The van der Waals surface area contributed by atoms with Crippen molar-refractivity contribution < 1.29 is 9.59 Å². The number of amides is 2. The number of pyridine rings is 2. The van der Waals surface area contributed by atoms with E-state index in [-0.39, 0.29) is 11.8 Å². The summed E-state index contributed by atoms with van der Waals surface area (Å²) in [5.41, 5.74) is 2.58. The predicted molar refractivity (Wildman–Crippen MR) is 88.3 cm³/mol. The van der Waals surface area contributed by atoms with Gasteiger partial charge < -0.3 is 10.6 Å². The van der Waals surface area contributed by atoms with E-state index in [1.54, 1.807) is 24.8 Å². The van der Waals surface area contributed by atoms with Gasteiger partial charge in [0.15, 0.2) is 0 Å². The van der Waals surface area contributed by atoms with Crippen LogP contribution in [0.15, 0.2) is 61.2 Å². The topological polar surface area (TPSA) is 84.0 Å². The third-order valence-electron chi connectivity index (χ3n) is 4.02. The number of nitrogens with zero attached hydrogens (tertiary/aromatic N) is 2. The van der Waals surface area contributed by atoms with Gasteiger partial charge in [0.25, 0.3) is 0 Å². The minimum atomic E-state index is -0.440. The minimum absolute atomic E-state index is 0.166. The summed E-state index contributed by atoms with van der Waals surface area (Å²) in [5, 5.41) is 5.67. The summed E-state index contributed by atoms with van der Waals surface area (Å²) < 4.78 is 0. The molecule has 2 amide bonds. The molecule has 0 aliphatic heterocycles. The highest BCUT2D eigenvalue weighted by molar-refractivity contribution is 5.99. The van der Waals surface area contributed by atoms with Crippen molar-refractivity contribution in [2.75, 3.05) is 0 Å². The van der Waals surface area contributed by atoms with Gasteiger partial charge in [-0.15, -0.1) is 0 Å². The summed E-state index contributed by atoms with van der Waals surface area (Å²) in [7, 11) is 0. The highest BCUT2D eigenvalue weighted by atomic mass is 16.2. The Morgan fingerprint density at radius 2 is 1.21 bits per heavy atom. The van der Waals surface area contributed by atoms with Gasteiger partial charge in [0.1, 0.15) is 0 Å². The molecule has 3 rings (SSSR count). The summed E-state index contributed by atoms with van der Waals surface area (Å²) in [4.78, 5) is 32.3. The maximum Gasteiger partial charge on any atom is 0.228 e. The molecule has 2 heterocycles. The average Bonchev–Trinajstić information content (AvgIpc) is 3.30. The third-order valence-corrected chi connectivity index (χ3v) is 4.02. The van der Waals surface area contributed by atoms with Crippen molar-refractivity contribution in [3.63, 3.8) is 0 Å². The zero-order valence-corrected chi connectivity index (χ0v) is 13.1. The van der Waals surface area contributed by atoms with Gasteiger partial charge in [-0.2, -0.15) is 0 Å². The van der Waals surface area contributed by atoms with Gasteiger partial charge in [-0.3, -0.25) is 19.6 Å². The van der Waals surface area contributed by atoms with Gasteiger partial charge >= 0.3 is 0 Å². The summed E-state index contributed by atoms with van der Waals surface area (Å²) in [6.07, 6.45) is 6.69. The molecule has 0 saturated heterocycles. The first-order valence-corrected chi connectivity index (χ1v) is 7.68. The van der Waals surface area contributed by atoms with Crippen molar-refractivity contribution in [2.24, 2.45) is 11.8 Å². The Morgan fingerprint density at radius 1 is 0.833 bits per heavy atom. The van der Waals surface area contributed by atoms with Crippen molar-refractivity contribution in [2.45, 2.75) is 13.1 Å². The monoisotopic (exact) mass is 322 g/mol. The molecular formula is C18H18N4O2. The number of carbonyl (C=O) groups excluding carboxylic acids is 2. The molecule has 6 nitrogen and oxygen atoms in total. The fraction of sp³-hybridized carbons (Fsp3) is 0.222. The smallest absolute Gasteiger partial charge is 0.228 e. The molecule has 24 heavy (non-hydrogen) atoms. The number of hydrogen-bond acceptors (Lipinski definition) is 4. The lowest BCUT2D eigenvalue weighted by Crippen LogP contribution is -2.29. The lowest BCUT2D eigenvalue weighted by molar-refractivity contribution is -0.127. The minimum Gasteiger partial charge on any atom is -0.351 e. The lowest BCUT2D eigenvalue weighted by atomic mass is 10.2. The van der Waals surface area contributed by atoms with Crippen molar-refractivity contribution in [1.82, 2.24) is 20.6 Å². The molecule has 0 bridgehead atoms. The molecule has 0 unspecified atom stereocenters. The first-order valence-electron chi connectivity index (χ1n) is 7.68. The van der Waals surface area contributed by atoms with E-state index < -0.39 is 11.8 Å². The number of hydrogen-bond donors (Lipinski definition) is 2. The van der Waals surface area contributed by atoms with Gasteiger partial charge in [0.2, 0.25) is 11.8 Å². The summed E-state index contributed by atoms with van der Waals surface area (Å²) in [6, 6.07) is 7.34. The summed E-state index contributed by atoms with van der Waals surface area (Å²) in [6.45, 7) is 4.67. The molecule has 1 fully saturated rings. The Balaban J connectivity index is 1.48. The molecule has 2 aromatic rings. The van der Waals surface area contributed by atoms with E-state index in [4.69, 9.17) is 0 Å². The Labute approximate surface area is 140 Å². The fourth-order valence-electron chi connectivity index (χ4n) is 2.55. The Kier molecular flexibility index (Phi) is 4.65. The predicted octanol–water partition coefficient (Wildman–Crippen LogP) is 1.21. The van der Waals surface area contributed by atoms with E-state index in [9.17, 15) is 9.59 Å². The molecule has 2 N–H and O–H groups in total. The van der Waals surface area contributed by atoms with E-state index in [1.807, 2.05) is 24.3 Å². The Hall–Kier alpha value is -3.02. The molecule has 0 spiro atoms. The third kappa shape index (κ3) is 3.65. The van der Waals surface area contributed by atoms with Crippen LogP contribution in [-0.4, -0.2) is 21.8 Å². The molecule has 0 radical (unpaired) electrons. The first-order chi connectivity index (χ1) is 11.7. The molecule has 2 atom stereocenters. The Morgan fingerprint density at radius 3 is 1.58 bits per heavy atom. The molecule has 1 aliphatic rings. The van der Waals surface area contributed by atoms with Gasteiger partial charge in [-0.05, 0) is 35.4 Å². The number of rotatable bonds is 6. The first kappa shape index (κ1) is 15.9. The van der Waals surface area contributed by atoms with Crippen LogP contribution in [0, 0.1) is 11.8 Å². The maximum atomic E-state index is 12.2. The van der Waals surface area contributed by atoms with Gasteiger partial charge in [0.05, 0.1) is 11.8 Å². The van der Waals surface area contributed by atoms with E-state index in [2.05, 4.69) is 27.2 Å². The number of aromatic nitrogens is 2. The second-order valence-corrected chi connectivity index (χ2v) is 5.68. The standard InChI is InChI=1S/C18H18N4O2/c1-12-15(17(23)21-10-13-2-6-19-7-3-13)16(12)18(24)22-11-14-4-8-20-9-5-14/h2-9,15-16H,1,10-11H2,(H,21,23)(H,22,24)/t15-,16-/m0/s1. The SMILES string of the molecule is C=C1[C@H](C(=O)NCc2ccncc2)[C@H]1C(=O)NCc1ccncc1. The van der Waals surface area contributed by atoms with Crippen LogP contribution in [0.3, 0.4) is 0 Å². The number of nitrogens with one attached hydrogen (secondary N) is 2. The highest BCUT2D eigenvalue weighted by Crippen LogP contribution is 2.44. The second-order valence-electron chi connectivity index (χ2n) is 5.68. The molecule has 1 saturated carbocycles. The highest BCUT2D eigenvalue weighted by Gasteiger charge is 2.52. The molecule has 2 aromatic heterocycles. The maximum absolute atomic E-state index is 12.2. The zero-order chi connectivity index (χ0) is 16.9. The van der Waals surface area contributed by atoms with Crippen molar-refractivity contribution in [3.05, 3.63) is 72.3 Å². The van der Waals surface area contributed by atoms with Crippen LogP contribution < -0.4 is 10.6 Å². The summed E-state index contributed by atoms with van der Waals surface area (Å²) >= 11 is 0. The van der Waals surface area contributed by atoms with Crippen LogP contribution in [0.5, 0.6) is 0 Å². The van der Waals surface area contributed by atoms with Gasteiger partial charge in [0, 0.05) is 37.9 Å². The van der Waals surface area contributed by atoms with Crippen LogP contribution in [0.1, 0.15) is 11.1 Å². The fourth-order valence-corrected chi connectivity index (χ4v) is 2.55. The van der Waals surface area contributed by atoms with Crippen molar-refractivity contribution in [1.29, 1.82) is 0 Å². The van der Waals surface area contributed by atoms with Gasteiger partial charge in [-0.1, -0.05) is 12.2 Å². The van der Waals surface area contributed by atoms with Gasteiger partial charge in [-0.25, -0.2) is 0 Å². The zero-order valence-electron chi connectivity index (χ0n) is 13.1. The van der Waals surface area contributed by atoms with E-state index >= 15 is 0 Å². The lowest BCUT2D eigenvalue weighted by Gasteiger charge is -2.06. The second kappa shape index (κ2) is 7.04. The molecule has 122 valence electrons. The van der Waals surface area contributed by atoms with E-state index in [0.29, 0.717) is 18.7 Å². The number of carbonyl (C=O) groups is 2. The van der Waals surface area contributed by atoms with Crippen LogP contribution in [0.4, 0.5) is 0 Å². The normalized spacial score (nSPS) is 18.8. The largest absolute Gasteiger partial charge is 0.351 e. The van der Waals surface area contributed by atoms with Crippen LogP contribution >= 0.6 is 0 Å². The van der Waals surface area contributed by atoms with Crippen molar-refractivity contribution in [3.8, 4) is 0 Å². The quantitative estimate of drug-likeness (QED) is 0.783. The van der Waals surface area contributed by atoms with E-state index in [1.165, 1.54) is 0 Å². The molecule has 1 aliphatic carbocycles. The van der Waals surface area contributed by atoms with Crippen LogP contribution in [0.2, 0.25) is 0 Å². The van der Waals surface area contributed by atoms with Crippen molar-refractivity contribution >= 4 is 11.8 Å². The van der Waals surface area contributed by atoms with Crippen LogP contribution in [0.25, 0.3) is 0 Å². The molecular weight excluding hydrogens is 304 g/mol. The Bertz CT molecular complexity index is 683. The molecule has 0 aromatic carbocycles. The van der Waals surface area contributed by atoms with E-state index in [0.717, 1.165) is 11.1 Å². The average molecular weight is 322 g/mol.